The smallest absolute Gasteiger partial charge is 0.257 e. The molecule has 0 bridgehead atoms. The molecule has 1 aromatic heterocycles. The summed E-state index contributed by atoms with van der Waals surface area (Å²) in [6.07, 6.45) is 0. The second-order valence-corrected chi connectivity index (χ2v) is 10.2. The van der Waals surface area contributed by atoms with Gasteiger partial charge >= 0.3 is 0 Å². The molecule has 0 fully saturated rings. The molecule has 0 atom stereocenters. The monoisotopic (exact) mass is 428 g/mol. The number of hydrogen-bond acceptors (Lipinski definition) is 6. The molecule has 1 amide bonds. The summed E-state index contributed by atoms with van der Waals surface area (Å²) in [7, 11) is -3.40. The molecule has 8 heteroatoms. The lowest BCUT2D eigenvalue weighted by molar-refractivity contribution is 0.101. The third-order valence-corrected chi connectivity index (χ3v) is 7.52. The zero-order valence-electron chi connectivity index (χ0n) is 16.2. The summed E-state index contributed by atoms with van der Waals surface area (Å²) in [5.41, 5.74) is 1.61. The first-order chi connectivity index (χ1) is 13.7. The number of aromatic nitrogens is 1. The molecule has 0 aliphatic carbocycles. The first-order valence-electron chi connectivity index (χ1n) is 8.92. The van der Waals surface area contributed by atoms with Crippen molar-refractivity contribution < 1.29 is 18.0 Å². The Morgan fingerprint density at radius 3 is 2.17 bits per heavy atom. The van der Waals surface area contributed by atoms with Gasteiger partial charge in [-0.2, -0.15) is 0 Å². The number of ketones is 1. The SMILES string of the molecule is CC(=O)c1sc(NC(=O)c2ccc(S(=O)(=O)C(C)C)cc2)nc1-c1ccccc1. The van der Waals surface area contributed by atoms with Crippen LogP contribution in [-0.2, 0) is 9.84 Å². The minimum atomic E-state index is -3.40. The molecule has 0 spiro atoms. The Bertz CT molecular complexity index is 1150. The van der Waals surface area contributed by atoms with Gasteiger partial charge in [-0.25, -0.2) is 13.4 Å². The standard InChI is InChI=1S/C21H20N2O4S2/c1-13(2)29(26,27)17-11-9-16(10-12-17)20(25)23-21-22-18(19(28-21)14(3)24)15-7-5-4-6-8-15/h4-13H,1-3H3,(H,22,23,25). The highest BCUT2D eigenvalue weighted by Gasteiger charge is 2.21. The molecule has 1 heterocycles. The second-order valence-electron chi connectivity index (χ2n) is 6.69. The fourth-order valence-corrected chi connectivity index (χ4v) is 4.58. The molecule has 0 saturated heterocycles. The molecule has 0 aliphatic rings. The molecule has 29 heavy (non-hydrogen) atoms. The number of nitrogens with zero attached hydrogens (tertiary/aromatic N) is 1. The Balaban J connectivity index is 1.85. The molecule has 1 N–H and O–H groups in total. The van der Waals surface area contributed by atoms with Crippen LogP contribution >= 0.6 is 11.3 Å². The Hall–Kier alpha value is -2.84. The number of hydrogen-bond donors (Lipinski definition) is 1. The van der Waals surface area contributed by atoms with Crippen LogP contribution in [0.15, 0.2) is 59.5 Å². The number of thiazole rings is 1. The molecule has 6 nitrogen and oxygen atoms in total. The number of Topliss-reactive ketones (excluding diaryl/α,β-unsaturated/α-hetero) is 1. The minimum absolute atomic E-state index is 0.134. The summed E-state index contributed by atoms with van der Waals surface area (Å²) in [4.78, 5) is 29.6. The van der Waals surface area contributed by atoms with Crippen molar-refractivity contribution in [2.75, 3.05) is 5.32 Å². The maximum atomic E-state index is 12.6. The fraction of sp³-hybridized carbons (Fsp3) is 0.190. The van der Waals surface area contributed by atoms with Crippen LogP contribution in [0.25, 0.3) is 11.3 Å². The highest BCUT2D eigenvalue weighted by molar-refractivity contribution is 7.92. The van der Waals surface area contributed by atoms with Gasteiger partial charge in [0.25, 0.3) is 5.91 Å². The van der Waals surface area contributed by atoms with Crippen LogP contribution in [-0.4, -0.2) is 30.3 Å². The van der Waals surface area contributed by atoms with Crippen molar-refractivity contribution >= 4 is 38.0 Å². The molecular weight excluding hydrogens is 408 g/mol. The summed E-state index contributed by atoms with van der Waals surface area (Å²) in [6, 6.07) is 15.0. The fourth-order valence-electron chi connectivity index (χ4n) is 2.64. The Kier molecular flexibility index (Phi) is 5.95. The van der Waals surface area contributed by atoms with Crippen molar-refractivity contribution in [1.82, 2.24) is 4.98 Å². The number of sulfone groups is 1. The highest BCUT2D eigenvalue weighted by atomic mass is 32.2. The number of carbonyl (C=O) groups is 2. The van der Waals surface area contributed by atoms with Crippen LogP contribution in [0, 0.1) is 0 Å². The van der Waals surface area contributed by atoms with Gasteiger partial charge in [-0.05, 0) is 38.1 Å². The molecule has 150 valence electrons. The van der Waals surface area contributed by atoms with Crippen molar-refractivity contribution in [2.24, 2.45) is 0 Å². The van der Waals surface area contributed by atoms with E-state index in [2.05, 4.69) is 10.3 Å². The zero-order valence-corrected chi connectivity index (χ0v) is 17.8. The van der Waals surface area contributed by atoms with E-state index in [0.29, 0.717) is 21.3 Å². The van der Waals surface area contributed by atoms with Gasteiger partial charge in [0.1, 0.15) is 0 Å². The van der Waals surface area contributed by atoms with E-state index in [4.69, 9.17) is 0 Å². The van der Waals surface area contributed by atoms with Gasteiger partial charge in [-0.15, -0.1) is 0 Å². The lowest BCUT2D eigenvalue weighted by atomic mass is 10.1. The first kappa shape index (κ1) is 20.9. The largest absolute Gasteiger partial charge is 0.298 e. The number of rotatable bonds is 6. The Morgan fingerprint density at radius 2 is 1.62 bits per heavy atom. The summed E-state index contributed by atoms with van der Waals surface area (Å²) < 4.78 is 24.4. The van der Waals surface area contributed by atoms with Crippen LogP contribution < -0.4 is 5.32 Å². The van der Waals surface area contributed by atoms with E-state index in [1.54, 1.807) is 13.8 Å². The van der Waals surface area contributed by atoms with E-state index >= 15 is 0 Å². The first-order valence-corrected chi connectivity index (χ1v) is 11.3. The Labute approximate surface area is 173 Å². The maximum absolute atomic E-state index is 12.6. The predicted molar refractivity (Wildman–Crippen MR) is 114 cm³/mol. The second kappa shape index (κ2) is 8.26. The van der Waals surface area contributed by atoms with Crippen molar-refractivity contribution in [3.8, 4) is 11.3 Å². The van der Waals surface area contributed by atoms with Gasteiger partial charge < -0.3 is 0 Å². The molecule has 2 aromatic carbocycles. The topological polar surface area (TPSA) is 93.2 Å². The van der Waals surface area contributed by atoms with Crippen LogP contribution in [0.5, 0.6) is 0 Å². The summed E-state index contributed by atoms with van der Waals surface area (Å²) in [5.74, 6) is -0.563. The Morgan fingerprint density at radius 1 is 1.00 bits per heavy atom. The minimum Gasteiger partial charge on any atom is -0.298 e. The molecule has 3 rings (SSSR count). The van der Waals surface area contributed by atoms with Gasteiger partial charge in [0.2, 0.25) is 0 Å². The normalized spacial score (nSPS) is 11.4. The molecule has 3 aromatic rings. The number of amides is 1. The van der Waals surface area contributed by atoms with Crippen LogP contribution in [0.4, 0.5) is 5.13 Å². The molecular formula is C21H20N2O4S2. The van der Waals surface area contributed by atoms with Crippen LogP contribution in [0.3, 0.4) is 0 Å². The van der Waals surface area contributed by atoms with Crippen molar-refractivity contribution in [1.29, 1.82) is 0 Å². The van der Waals surface area contributed by atoms with Gasteiger partial charge in [0.05, 0.1) is 20.7 Å². The van der Waals surface area contributed by atoms with Crippen LogP contribution in [0.1, 0.15) is 40.8 Å². The average molecular weight is 429 g/mol. The van der Waals surface area contributed by atoms with E-state index in [9.17, 15) is 18.0 Å². The molecule has 0 radical (unpaired) electrons. The quantitative estimate of drug-likeness (QED) is 0.586. The predicted octanol–water partition coefficient (Wildman–Crippen LogP) is 4.45. The van der Waals surface area contributed by atoms with E-state index in [-0.39, 0.29) is 10.7 Å². The lowest BCUT2D eigenvalue weighted by Crippen LogP contribution is -2.15. The van der Waals surface area contributed by atoms with Gasteiger partial charge in [0, 0.05) is 18.1 Å². The van der Waals surface area contributed by atoms with Crippen molar-refractivity contribution in [2.45, 2.75) is 30.9 Å². The summed E-state index contributed by atoms with van der Waals surface area (Å²) in [5, 5.41) is 2.45. The van der Waals surface area contributed by atoms with E-state index in [0.717, 1.165) is 16.9 Å². The number of anilines is 1. The van der Waals surface area contributed by atoms with E-state index in [1.807, 2.05) is 30.3 Å². The zero-order chi connectivity index (χ0) is 21.2. The third kappa shape index (κ3) is 4.44. The number of nitrogens with one attached hydrogen (secondary N) is 1. The van der Waals surface area contributed by atoms with E-state index < -0.39 is 21.0 Å². The number of benzene rings is 2. The van der Waals surface area contributed by atoms with Crippen molar-refractivity contribution in [3.63, 3.8) is 0 Å². The maximum Gasteiger partial charge on any atom is 0.257 e. The summed E-state index contributed by atoms with van der Waals surface area (Å²) >= 11 is 1.11. The average Bonchev–Trinajstić information content (AvgIpc) is 3.12. The van der Waals surface area contributed by atoms with Gasteiger partial charge in [0.15, 0.2) is 20.8 Å². The lowest BCUT2D eigenvalue weighted by Gasteiger charge is -2.08. The number of carbonyl (C=O) groups excluding carboxylic acids is 2. The third-order valence-electron chi connectivity index (χ3n) is 4.28. The summed E-state index contributed by atoms with van der Waals surface area (Å²) in [6.45, 7) is 4.67. The molecule has 0 unspecified atom stereocenters. The highest BCUT2D eigenvalue weighted by Crippen LogP contribution is 2.31. The van der Waals surface area contributed by atoms with E-state index in [1.165, 1.54) is 31.2 Å². The van der Waals surface area contributed by atoms with Crippen molar-refractivity contribution in [3.05, 3.63) is 65.0 Å². The van der Waals surface area contributed by atoms with Crippen LogP contribution in [0.2, 0.25) is 0 Å². The molecule has 0 saturated carbocycles. The van der Waals surface area contributed by atoms with Gasteiger partial charge in [-0.1, -0.05) is 41.7 Å². The van der Waals surface area contributed by atoms with Gasteiger partial charge in [-0.3, -0.25) is 14.9 Å². The molecule has 0 aliphatic heterocycles.